The third kappa shape index (κ3) is 2.98. The normalized spacial score (nSPS) is 11.9. The molecule has 0 radical (unpaired) electrons. The minimum atomic E-state index is -0.313. The molecule has 3 aromatic heterocycles. The van der Waals surface area contributed by atoms with Crippen LogP contribution in [0, 0.1) is 0 Å². The van der Waals surface area contributed by atoms with Gasteiger partial charge in [0.25, 0.3) is 5.91 Å². The Bertz CT molecular complexity index is 756. The van der Waals surface area contributed by atoms with Gasteiger partial charge < -0.3 is 5.32 Å². The molecular formula is C15H14N6O. The molecule has 3 aromatic rings. The number of aromatic amines is 1. The van der Waals surface area contributed by atoms with Crippen molar-refractivity contribution in [1.29, 1.82) is 0 Å². The molecule has 0 aliphatic carbocycles. The second-order valence-electron chi connectivity index (χ2n) is 4.70. The monoisotopic (exact) mass is 294 g/mol. The number of carbonyl (C=O) groups is 1. The lowest BCUT2D eigenvalue weighted by molar-refractivity contribution is 0.0933. The number of H-pyrrole nitrogens is 1. The average Bonchev–Trinajstić information content (AvgIpc) is 3.06. The van der Waals surface area contributed by atoms with E-state index in [9.17, 15) is 4.79 Å². The van der Waals surface area contributed by atoms with Crippen LogP contribution in [0.25, 0.3) is 11.4 Å². The van der Waals surface area contributed by atoms with E-state index in [-0.39, 0.29) is 11.9 Å². The molecule has 0 aliphatic rings. The van der Waals surface area contributed by atoms with Crippen molar-refractivity contribution in [3.63, 3.8) is 0 Å². The molecule has 0 bridgehead atoms. The summed E-state index contributed by atoms with van der Waals surface area (Å²) < 4.78 is 0. The lowest BCUT2D eigenvalue weighted by atomic mass is 10.2. The number of nitrogens with zero attached hydrogens (tertiary/aromatic N) is 4. The highest BCUT2D eigenvalue weighted by atomic mass is 16.1. The predicted molar refractivity (Wildman–Crippen MR) is 79.7 cm³/mol. The topological polar surface area (TPSA) is 96.5 Å². The minimum absolute atomic E-state index is 0.257. The quantitative estimate of drug-likeness (QED) is 0.764. The number of aromatic nitrogens is 5. The van der Waals surface area contributed by atoms with Crippen LogP contribution in [-0.4, -0.2) is 31.1 Å². The highest BCUT2D eigenvalue weighted by Gasteiger charge is 2.16. The number of hydrogen-bond acceptors (Lipinski definition) is 5. The Labute approximate surface area is 126 Å². The first kappa shape index (κ1) is 13.9. The Morgan fingerprint density at radius 2 is 2.14 bits per heavy atom. The van der Waals surface area contributed by atoms with Gasteiger partial charge in [-0.25, -0.2) is 4.98 Å². The average molecular weight is 294 g/mol. The molecule has 7 heteroatoms. The molecule has 1 amide bonds. The van der Waals surface area contributed by atoms with E-state index in [0.717, 1.165) is 5.56 Å². The van der Waals surface area contributed by atoms with Crippen LogP contribution in [0.2, 0.25) is 0 Å². The second-order valence-corrected chi connectivity index (χ2v) is 4.70. The predicted octanol–water partition coefficient (Wildman–Crippen LogP) is 1.75. The van der Waals surface area contributed by atoms with E-state index in [1.807, 2.05) is 19.1 Å². The number of nitrogens with one attached hydrogen (secondary N) is 2. The molecule has 0 saturated carbocycles. The van der Waals surface area contributed by atoms with Crippen molar-refractivity contribution in [2.24, 2.45) is 0 Å². The van der Waals surface area contributed by atoms with Gasteiger partial charge in [0, 0.05) is 24.2 Å². The van der Waals surface area contributed by atoms with Gasteiger partial charge in [0.05, 0.1) is 6.04 Å². The summed E-state index contributed by atoms with van der Waals surface area (Å²) in [5.74, 6) is 0.859. The van der Waals surface area contributed by atoms with E-state index in [4.69, 9.17) is 0 Å². The Morgan fingerprint density at radius 3 is 2.86 bits per heavy atom. The van der Waals surface area contributed by atoms with Gasteiger partial charge in [0.2, 0.25) is 0 Å². The molecule has 2 N–H and O–H groups in total. The van der Waals surface area contributed by atoms with Crippen molar-refractivity contribution >= 4 is 5.91 Å². The molecule has 1 atom stereocenters. The van der Waals surface area contributed by atoms with E-state index >= 15 is 0 Å². The second kappa shape index (κ2) is 6.13. The van der Waals surface area contributed by atoms with E-state index in [1.54, 1.807) is 36.8 Å². The van der Waals surface area contributed by atoms with Gasteiger partial charge in [0.15, 0.2) is 5.82 Å². The van der Waals surface area contributed by atoms with Crippen LogP contribution in [-0.2, 0) is 0 Å². The Morgan fingerprint density at radius 1 is 1.23 bits per heavy atom. The highest BCUT2D eigenvalue weighted by Crippen LogP contribution is 2.15. The zero-order valence-electron chi connectivity index (χ0n) is 11.9. The van der Waals surface area contributed by atoms with Gasteiger partial charge in [-0.15, -0.1) is 0 Å². The first-order chi connectivity index (χ1) is 10.7. The van der Waals surface area contributed by atoms with Gasteiger partial charge in [-0.05, 0) is 31.2 Å². The number of rotatable bonds is 4. The molecule has 0 aromatic carbocycles. The van der Waals surface area contributed by atoms with Crippen molar-refractivity contribution in [2.45, 2.75) is 13.0 Å². The summed E-state index contributed by atoms with van der Waals surface area (Å²) in [6.45, 7) is 1.83. The summed E-state index contributed by atoms with van der Waals surface area (Å²) in [7, 11) is 0. The van der Waals surface area contributed by atoms with E-state index in [0.29, 0.717) is 17.3 Å². The maximum Gasteiger partial charge on any atom is 0.270 e. The minimum Gasteiger partial charge on any atom is -0.341 e. The molecule has 7 nitrogen and oxygen atoms in total. The number of pyridine rings is 2. The Balaban J connectivity index is 1.72. The lowest BCUT2D eigenvalue weighted by Crippen LogP contribution is -2.28. The molecule has 110 valence electrons. The maximum atomic E-state index is 12.1. The van der Waals surface area contributed by atoms with Crippen LogP contribution in [0.3, 0.4) is 0 Å². The van der Waals surface area contributed by atoms with Crippen LogP contribution in [0.1, 0.15) is 29.3 Å². The lowest BCUT2D eigenvalue weighted by Gasteiger charge is -2.10. The summed E-state index contributed by atoms with van der Waals surface area (Å²) in [6.07, 6.45) is 4.95. The zero-order chi connectivity index (χ0) is 15.4. The SMILES string of the molecule is CC(NC(=O)c1ccccn1)c1nc(-c2cccnc2)n[nH]1. The standard InChI is InChI=1S/C15H14N6O/c1-10(18-15(22)12-6-2-3-8-17-12)13-19-14(21-20-13)11-5-4-7-16-9-11/h2-10H,1H3,(H,18,22)(H,19,20,21). The van der Waals surface area contributed by atoms with Crippen LogP contribution in [0.15, 0.2) is 48.9 Å². The van der Waals surface area contributed by atoms with Crippen molar-refractivity contribution in [3.05, 3.63) is 60.4 Å². The molecule has 1 unspecified atom stereocenters. The van der Waals surface area contributed by atoms with E-state index in [2.05, 4.69) is 30.5 Å². The van der Waals surface area contributed by atoms with Gasteiger partial charge in [0.1, 0.15) is 11.5 Å². The molecule has 3 rings (SSSR count). The van der Waals surface area contributed by atoms with Crippen LogP contribution < -0.4 is 5.32 Å². The summed E-state index contributed by atoms with van der Waals surface area (Å²) in [4.78, 5) is 24.5. The highest BCUT2D eigenvalue weighted by molar-refractivity contribution is 5.92. The van der Waals surface area contributed by atoms with Gasteiger partial charge in [-0.2, -0.15) is 5.10 Å². The van der Waals surface area contributed by atoms with Gasteiger partial charge in [-0.1, -0.05) is 6.07 Å². The number of hydrogen-bond donors (Lipinski definition) is 2. The third-order valence-electron chi connectivity index (χ3n) is 3.08. The molecule has 0 spiro atoms. The van der Waals surface area contributed by atoms with Gasteiger partial charge >= 0.3 is 0 Å². The number of amides is 1. The van der Waals surface area contributed by atoms with Crippen LogP contribution >= 0.6 is 0 Å². The summed E-state index contributed by atoms with van der Waals surface area (Å²) >= 11 is 0. The third-order valence-corrected chi connectivity index (χ3v) is 3.08. The fourth-order valence-electron chi connectivity index (χ4n) is 1.93. The molecule has 22 heavy (non-hydrogen) atoms. The molecular weight excluding hydrogens is 280 g/mol. The van der Waals surface area contributed by atoms with Gasteiger partial charge in [-0.3, -0.25) is 19.9 Å². The number of carbonyl (C=O) groups excluding carboxylic acids is 1. The maximum absolute atomic E-state index is 12.1. The molecule has 3 heterocycles. The zero-order valence-corrected chi connectivity index (χ0v) is 11.9. The fraction of sp³-hybridized carbons (Fsp3) is 0.133. The first-order valence-corrected chi connectivity index (χ1v) is 6.78. The first-order valence-electron chi connectivity index (χ1n) is 6.78. The van der Waals surface area contributed by atoms with Crippen molar-refractivity contribution < 1.29 is 4.79 Å². The summed E-state index contributed by atoms with van der Waals surface area (Å²) in [5, 5.41) is 9.81. The fourth-order valence-corrected chi connectivity index (χ4v) is 1.93. The van der Waals surface area contributed by atoms with Crippen LogP contribution in [0.4, 0.5) is 0 Å². The summed E-state index contributed by atoms with van der Waals surface area (Å²) in [6, 6.07) is 8.56. The van der Waals surface area contributed by atoms with E-state index < -0.39 is 0 Å². The molecule has 0 aliphatic heterocycles. The Hall–Kier alpha value is -3.09. The van der Waals surface area contributed by atoms with Crippen LogP contribution in [0.5, 0.6) is 0 Å². The molecule has 0 saturated heterocycles. The van der Waals surface area contributed by atoms with Crippen molar-refractivity contribution in [1.82, 2.24) is 30.5 Å². The smallest absolute Gasteiger partial charge is 0.270 e. The summed E-state index contributed by atoms with van der Waals surface area (Å²) in [5.41, 5.74) is 1.18. The molecule has 0 fully saturated rings. The van der Waals surface area contributed by atoms with Crippen molar-refractivity contribution in [2.75, 3.05) is 0 Å². The van der Waals surface area contributed by atoms with E-state index in [1.165, 1.54) is 0 Å². The largest absolute Gasteiger partial charge is 0.341 e. The van der Waals surface area contributed by atoms with Crippen molar-refractivity contribution in [3.8, 4) is 11.4 Å². The Kier molecular flexibility index (Phi) is 3.86.